The number of hydrogen-bond acceptors (Lipinski definition) is 3. The van der Waals surface area contributed by atoms with E-state index in [4.69, 9.17) is 0 Å². The van der Waals surface area contributed by atoms with Gasteiger partial charge < -0.3 is 10.2 Å². The number of carbonyl (C=O) groups excluding carboxylic acids is 2. The number of carbonyl (C=O) groups is 2. The Bertz CT molecular complexity index is 948. The summed E-state index contributed by atoms with van der Waals surface area (Å²) >= 11 is 0. The van der Waals surface area contributed by atoms with Crippen LogP contribution >= 0.6 is 0 Å². The van der Waals surface area contributed by atoms with Crippen LogP contribution in [-0.2, 0) is 0 Å². The molecule has 54 heavy (non-hydrogen) atoms. The van der Waals surface area contributed by atoms with Crippen LogP contribution in [0, 0.1) is 19.8 Å². The van der Waals surface area contributed by atoms with Crippen molar-refractivity contribution in [2.45, 2.75) is 196 Å². The minimum absolute atomic E-state index is 0.133. The molecule has 0 spiro atoms. The maximum Gasteiger partial charge on any atom is 0.321 e. The molecule has 0 aromatic heterocycles. The van der Waals surface area contributed by atoms with E-state index in [1.165, 1.54) is 92.5 Å². The number of hydrogen-bond donors (Lipinski definition) is 1. The van der Waals surface area contributed by atoms with Crippen LogP contribution in [0.2, 0.25) is 0 Å². The Balaban J connectivity index is -0.0000000776. The van der Waals surface area contributed by atoms with Gasteiger partial charge in [0.15, 0.2) is 5.78 Å². The number of Topliss-reactive ketones (excluding diaryl/α,β-unsaturated/α-hetero) is 1. The molecule has 1 aliphatic rings. The maximum absolute atomic E-state index is 11.1. The number of allylic oxidation sites excluding steroid dienone is 3. The predicted molar refractivity (Wildman–Crippen MR) is 254 cm³/mol. The number of likely N-dealkylation sites (N-methyl/N-ethyl adjacent to an activating group) is 1. The van der Waals surface area contributed by atoms with E-state index in [0.717, 1.165) is 22.8 Å². The van der Waals surface area contributed by atoms with Crippen LogP contribution in [0.5, 0.6) is 0 Å². The van der Waals surface area contributed by atoms with Crippen molar-refractivity contribution >= 4 is 11.8 Å². The van der Waals surface area contributed by atoms with E-state index in [1.54, 1.807) is 21.0 Å². The third-order valence-electron chi connectivity index (χ3n) is 6.86. The highest BCUT2D eigenvalue weighted by molar-refractivity contribution is 5.94. The topological polar surface area (TPSA) is 52.7 Å². The first-order chi connectivity index (χ1) is 25.4. The molecule has 0 atom stereocenters. The fourth-order valence-corrected chi connectivity index (χ4v) is 3.97. The maximum atomic E-state index is 11.1. The molecule has 1 fully saturated rings. The summed E-state index contributed by atoms with van der Waals surface area (Å²) in [6.07, 6.45) is 14.2. The fraction of sp³-hybridized carbons (Fsp3) is 0.714. The number of nitrogens with one attached hydrogen (secondary N) is 1. The minimum atomic E-state index is -0.133. The van der Waals surface area contributed by atoms with E-state index in [0.29, 0.717) is 0 Å². The van der Waals surface area contributed by atoms with Crippen LogP contribution in [0.1, 0.15) is 204 Å². The second-order valence-corrected chi connectivity index (χ2v) is 13.0. The fourth-order valence-electron chi connectivity index (χ4n) is 3.97. The zero-order valence-electron chi connectivity index (χ0n) is 41.3. The largest absolute Gasteiger partial charge is 0.341 e. The van der Waals surface area contributed by atoms with Crippen molar-refractivity contribution in [2.24, 2.45) is 5.92 Å². The van der Waals surface area contributed by atoms with Crippen LogP contribution < -0.4 is 5.32 Å². The highest BCUT2D eigenvalue weighted by atomic mass is 16.2. The molecule has 0 saturated heterocycles. The van der Waals surface area contributed by atoms with Gasteiger partial charge in [-0.25, -0.2) is 4.79 Å². The van der Waals surface area contributed by atoms with E-state index >= 15 is 0 Å². The Morgan fingerprint density at radius 2 is 1.13 bits per heavy atom. The summed E-state index contributed by atoms with van der Waals surface area (Å²) in [5.41, 5.74) is 6.10. The van der Waals surface area contributed by atoms with Crippen molar-refractivity contribution in [3.8, 4) is 0 Å². The van der Waals surface area contributed by atoms with Gasteiger partial charge in [-0.1, -0.05) is 165 Å². The lowest BCUT2D eigenvalue weighted by Crippen LogP contribution is -2.34. The molecule has 2 rings (SSSR count). The molecular weight excluding hydrogens is 663 g/mol. The van der Waals surface area contributed by atoms with Gasteiger partial charge in [-0.3, -0.25) is 9.69 Å². The van der Waals surface area contributed by atoms with Crippen molar-refractivity contribution in [1.29, 1.82) is 0 Å². The highest BCUT2D eigenvalue weighted by Gasteiger charge is 2.10. The number of nitrogens with zero attached hydrogens (tertiary/aromatic N) is 2. The molecule has 0 unspecified atom stereocenters. The smallest absolute Gasteiger partial charge is 0.321 e. The minimum Gasteiger partial charge on any atom is -0.341 e. The Morgan fingerprint density at radius 3 is 1.33 bits per heavy atom. The van der Waals surface area contributed by atoms with Crippen LogP contribution in [-0.4, -0.2) is 55.8 Å². The number of rotatable bonds is 8. The van der Waals surface area contributed by atoms with Crippen molar-refractivity contribution in [3.05, 3.63) is 71.0 Å². The molecule has 0 heterocycles. The van der Waals surface area contributed by atoms with E-state index in [9.17, 15) is 9.59 Å². The Kier molecular flexibility index (Phi) is 73.2. The number of amides is 2. The zero-order valence-corrected chi connectivity index (χ0v) is 41.3. The first kappa shape index (κ1) is 69.3. The number of unbranched alkanes of at least 4 members (excludes halogenated alkanes) is 1. The predicted octanol–water partition coefficient (Wildman–Crippen LogP) is 16.1. The van der Waals surface area contributed by atoms with Gasteiger partial charge in [0.1, 0.15) is 0 Å². The summed E-state index contributed by atoms with van der Waals surface area (Å²) in [6.45, 7) is 50.5. The summed E-state index contributed by atoms with van der Waals surface area (Å²) in [5, 5.41) is 2.54. The van der Waals surface area contributed by atoms with Gasteiger partial charge >= 0.3 is 6.03 Å². The van der Waals surface area contributed by atoms with Crippen LogP contribution in [0.15, 0.2) is 54.3 Å². The summed E-state index contributed by atoms with van der Waals surface area (Å²) in [6, 6.07) is 5.64. The third kappa shape index (κ3) is 58.6. The van der Waals surface area contributed by atoms with Crippen molar-refractivity contribution in [2.75, 3.05) is 34.2 Å². The second kappa shape index (κ2) is 57.1. The third-order valence-corrected chi connectivity index (χ3v) is 6.86. The van der Waals surface area contributed by atoms with E-state index < -0.39 is 0 Å². The van der Waals surface area contributed by atoms with Gasteiger partial charge in [-0.05, 0) is 110 Å². The lowest BCUT2D eigenvalue weighted by molar-refractivity contribution is 0.101. The molecule has 1 aromatic carbocycles. The summed E-state index contributed by atoms with van der Waals surface area (Å²) in [5.74, 6) is 1.18. The lowest BCUT2D eigenvalue weighted by atomic mass is 10.0. The van der Waals surface area contributed by atoms with Crippen LogP contribution in [0.25, 0.3) is 0 Å². The van der Waals surface area contributed by atoms with Crippen molar-refractivity contribution in [1.82, 2.24) is 15.1 Å². The molecule has 5 heteroatoms. The number of ketones is 1. The van der Waals surface area contributed by atoms with Gasteiger partial charge in [0.25, 0.3) is 0 Å². The van der Waals surface area contributed by atoms with E-state index in [-0.39, 0.29) is 11.8 Å². The van der Waals surface area contributed by atoms with Crippen LogP contribution in [0.3, 0.4) is 0 Å². The Morgan fingerprint density at radius 1 is 0.759 bits per heavy atom. The molecule has 0 bridgehead atoms. The molecule has 0 radical (unpaired) electrons. The molecule has 5 nitrogen and oxygen atoms in total. The number of urea groups is 1. The van der Waals surface area contributed by atoms with Crippen molar-refractivity contribution < 1.29 is 9.59 Å². The first-order valence-electron chi connectivity index (χ1n) is 21.6. The molecule has 1 aromatic rings. The average Bonchev–Trinajstić information content (AvgIpc) is 3.63. The summed E-state index contributed by atoms with van der Waals surface area (Å²) in [4.78, 5) is 25.9. The van der Waals surface area contributed by atoms with E-state index in [1.807, 2.05) is 107 Å². The van der Waals surface area contributed by atoms with Gasteiger partial charge in [0.2, 0.25) is 0 Å². The Labute approximate surface area is 342 Å². The summed E-state index contributed by atoms with van der Waals surface area (Å²) < 4.78 is 0. The molecule has 1 N–H and O–H groups in total. The quantitative estimate of drug-likeness (QED) is 0.163. The SMILES string of the molecule is C=C(C)/C(=C\C)N(C)C(=O)NC.C=C(C)C.CC.CC.CC.CC(=O)c1ccc(C)c(C)c1.CC1CCCC1.CCC.CCCC.CCCN(C)CCC. The molecular formula is C49H101N3O2. The summed E-state index contributed by atoms with van der Waals surface area (Å²) in [7, 11) is 5.49. The first-order valence-corrected chi connectivity index (χ1v) is 21.6. The standard InChI is InChI=1S/C10H12O.C9H16N2O.C7H17N.C6H12.C4H8.C4H10.C3H8.3C2H6/c1-7-4-5-10(9(3)11)6-8(7)2;1-6-8(7(2)3)11(5)9(12)10-4;1-4-6-8(3)7-5-2;1-6-4-2-3-5-6;1-4(2)3;1-3-4-2;1-3-2;3*1-2/h4-6H,1-3H3;6H,2H2,1,3-5H3,(H,10,12);4-7H2,1-3H3;6H,2-5H2,1H3;1H2,2-3H3;3-4H2,1-2H3;3H2,1-2H3;3*1-2H3/b;8-6+;;;;;;;;. The lowest BCUT2D eigenvalue weighted by Gasteiger charge is -2.19. The molecule has 1 aliphatic carbocycles. The Hall–Kier alpha value is -2.66. The van der Waals surface area contributed by atoms with Gasteiger partial charge in [-0.2, -0.15) is 0 Å². The number of benzene rings is 1. The van der Waals surface area contributed by atoms with Crippen molar-refractivity contribution in [3.63, 3.8) is 0 Å². The van der Waals surface area contributed by atoms with Gasteiger partial charge in [0, 0.05) is 25.4 Å². The average molecular weight is 764 g/mol. The molecule has 1 saturated carbocycles. The second-order valence-electron chi connectivity index (χ2n) is 13.0. The number of aryl methyl sites for hydroxylation is 2. The highest BCUT2D eigenvalue weighted by Crippen LogP contribution is 2.23. The monoisotopic (exact) mass is 764 g/mol. The normalized spacial score (nSPS) is 10.5. The molecule has 2 amide bonds. The molecule has 324 valence electrons. The van der Waals surface area contributed by atoms with Gasteiger partial charge in [0.05, 0.1) is 0 Å². The zero-order chi connectivity index (χ0) is 44.7. The van der Waals surface area contributed by atoms with Crippen LogP contribution in [0.4, 0.5) is 4.79 Å². The van der Waals surface area contributed by atoms with E-state index in [2.05, 4.69) is 78.9 Å². The molecule has 0 aliphatic heterocycles. The van der Waals surface area contributed by atoms with Gasteiger partial charge in [-0.15, -0.1) is 6.58 Å².